The van der Waals surface area contributed by atoms with Gasteiger partial charge in [-0.3, -0.25) is 9.59 Å². The van der Waals surface area contributed by atoms with E-state index in [2.05, 4.69) is 5.32 Å². The predicted molar refractivity (Wildman–Crippen MR) is 83.1 cm³/mol. The molecule has 3 rings (SSSR count). The van der Waals surface area contributed by atoms with Gasteiger partial charge >= 0.3 is 0 Å². The smallest absolute Gasteiger partial charge is 0.248 e. The summed E-state index contributed by atoms with van der Waals surface area (Å²) >= 11 is 0. The molecule has 2 aliphatic rings. The number of halogens is 1. The number of fused-ring (bicyclic) bond motifs is 2. The maximum atomic E-state index is 12.4. The summed E-state index contributed by atoms with van der Waals surface area (Å²) in [5.74, 6) is 0.381. The summed E-state index contributed by atoms with van der Waals surface area (Å²) in [4.78, 5) is 23.3. The van der Waals surface area contributed by atoms with Gasteiger partial charge in [-0.25, -0.2) is 0 Å². The number of carbonyl (C=O) groups excluding carboxylic acids is 2. The van der Waals surface area contributed by atoms with Crippen molar-refractivity contribution in [2.24, 2.45) is 29.2 Å². The molecule has 1 aromatic rings. The second kappa shape index (κ2) is 6.03. The van der Waals surface area contributed by atoms with Crippen LogP contribution >= 0.6 is 12.4 Å². The number of hydrogen-bond donors (Lipinski definition) is 3. The van der Waals surface area contributed by atoms with Crippen molar-refractivity contribution in [3.63, 3.8) is 0 Å². The van der Waals surface area contributed by atoms with Gasteiger partial charge < -0.3 is 16.8 Å². The first kappa shape index (κ1) is 15.8. The Bertz CT molecular complexity index is 544. The maximum Gasteiger partial charge on any atom is 0.248 e. The highest BCUT2D eigenvalue weighted by Gasteiger charge is 2.49. The molecule has 5 N–H and O–H groups in total. The van der Waals surface area contributed by atoms with Gasteiger partial charge in [-0.15, -0.1) is 12.4 Å². The Morgan fingerprint density at radius 2 is 1.71 bits per heavy atom. The molecular weight excluding hydrogens is 290 g/mol. The Kier molecular flexibility index (Phi) is 4.54. The average Bonchev–Trinajstić information content (AvgIpc) is 2.99. The summed E-state index contributed by atoms with van der Waals surface area (Å²) in [6, 6.07) is 6.59. The van der Waals surface area contributed by atoms with Crippen molar-refractivity contribution in [2.75, 3.05) is 5.32 Å². The van der Waals surface area contributed by atoms with Crippen LogP contribution < -0.4 is 16.8 Å². The van der Waals surface area contributed by atoms with Gasteiger partial charge in [0.2, 0.25) is 11.8 Å². The molecule has 5 nitrogen and oxygen atoms in total. The molecule has 2 amide bonds. The normalized spacial score (nSPS) is 29.8. The molecule has 2 bridgehead atoms. The van der Waals surface area contributed by atoms with Crippen LogP contribution in [0.15, 0.2) is 24.3 Å². The highest BCUT2D eigenvalue weighted by Crippen LogP contribution is 2.47. The highest BCUT2D eigenvalue weighted by molar-refractivity contribution is 5.96. The van der Waals surface area contributed by atoms with Gasteiger partial charge in [-0.05, 0) is 55.4 Å². The summed E-state index contributed by atoms with van der Waals surface area (Å²) in [6.45, 7) is 0. The second-order valence-corrected chi connectivity index (χ2v) is 5.87. The Hall–Kier alpha value is -1.59. The standard InChI is InChI=1S/C15H19N3O2.ClH/c16-13-10-2-1-9(7-10)12(13)15(20)18-11-5-3-8(4-6-11)14(17)19;/h3-6,9-10,12-13H,1-2,7,16H2,(H2,17,19)(H,18,20);1H. The van der Waals surface area contributed by atoms with Crippen molar-refractivity contribution in [1.29, 1.82) is 0 Å². The lowest BCUT2D eigenvalue weighted by atomic mass is 9.84. The minimum Gasteiger partial charge on any atom is -0.366 e. The van der Waals surface area contributed by atoms with E-state index in [1.54, 1.807) is 24.3 Å². The largest absolute Gasteiger partial charge is 0.366 e. The lowest BCUT2D eigenvalue weighted by Crippen LogP contribution is -2.42. The molecule has 4 unspecified atom stereocenters. The number of amides is 2. The van der Waals surface area contributed by atoms with Gasteiger partial charge in [-0.1, -0.05) is 0 Å². The molecule has 0 radical (unpaired) electrons. The zero-order chi connectivity index (χ0) is 14.3. The van der Waals surface area contributed by atoms with Crippen molar-refractivity contribution in [3.8, 4) is 0 Å². The number of anilines is 1. The van der Waals surface area contributed by atoms with Crippen LogP contribution in [0.25, 0.3) is 0 Å². The third-order valence-corrected chi connectivity index (χ3v) is 4.72. The van der Waals surface area contributed by atoms with Gasteiger partial charge in [0.15, 0.2) is 0 Å². The molecule has 2 aliphatic carbocycles. The monoisotopic (exact) mass is 309 g/mol. The number of nitrogens with two attached hydrogens (primary N) is 2. The quantitative estimate of drug-likeness (QED) is 0.789. The molecular formula is C15H20ClN3O2. The highest BCUT2D eigenvalue weighted by atomic mass is 35.5. The second-order valence-electron chi connectivity index (χ2n) is 5.87. The summed E-state index contributed by atoms with van der Waals surface area (Å²) in [5, 5.41) is 2.89. The number of rotatable bonds is 3. The van der Waals surface area contributed by atoms with Crippen molar-refractivity contribution in [2.45, 2.75) is 25.3 Å². The molecule has 0 spiro atoms. The van der Waals surface area contributed by atoms with E-state index >= 15 is 0 Å². The molecule has 1 aromatic carbocycles. The van der Waals surface area contributed by atoms with Crippen LogP contribution in [0.5, 0.6) is 0 Å². The molecule has 0 saturated heterocycles. The van der Waals surface area contributed by atoms with Crippen LogP contribution in [-0.2, 0) is 4.79 Å². The Balaban J connectivity index is 0.00000161. The molecule has 4 atom stereocenters. The van der Waals surface area contributed by atoms with Crippen molar-refractivity contribution in [1.82, 2.24) is 0 Å². The van der Waals surface area contributed by atoms with Crippen LogP contribution in [0, 0.1) is 17.8 Å². The average molecular weight is 310 g/mol. The molecule has 114 valence electrons. The molecule has 2 saturated carbocycles. The fourth-order valence-electron chi connectivity index (χ4n) is 3.67. The number of carbonyl (C=O) groups is 2. The van der Waals surface area contributed by atoms with E-state index in [-0.39, 0.29) is 30.3 Å². The van der Waals surface area contributed by atoms with Gasteiger partial charge in [0.1, 0.15) is 0 Å². The summed E-state index contributed by atoms with van der Waals surface area (Å²) in [6.07, 6.45) is 3.35. The van der Waals surface area contributed by atoms with Crippen molar-refractivity contribution >= 4 is 29.9 Å². The molecule has 6 heteroatoms. The van der Waals surface area contributed by atoms with Crippen LogP contribution in [0.2, 0.25) is 0 Å². The Labute approximate surface area is 129 Å². The SMILES string of the molecule is Cl.NC(=O)c1ccc(NC(=O)C2C3CCC(C3)C2N)cc1. The van der Waals surface area contributed by atoms with E-state index in [4.69, 9.17) is 11.5 Å². The van der Waals surface area contributed by atoms with E-state index in [9.17, 15) is 9.59 Å². The molecule has 0 aliphatic heterocycles. The van der Waals surface area contributed by atoms with Crippen LogP contribution in [0.3, 0.4) is 0 Å². The minimum atomic E-state index is -0.474. The molecule has 0 heterocycles. The lowest BCUT2D eigenvalue weighted by molar-refractivity contribution is -0.121. The van der Waals surface area contributed by atoms with Crippen LogP contribution in [-0.4, -0.2) is 17.9 Å². The van der Waals surface area contributed by atoms with E-state index in [0.717, 1.165) is 19.3 Å². The van der Waals surface area contributed by atoms with Crippen molar-refractivity contribution < 1.29 is 9.59 Å². The fraction of sp³-hybridized carbons (Fsp3) is 0.467. The fourth-order valence-corrected chi connectivity index (χ4v) is 3.67. The number of nitrogens with one attached hydrogen (secondary N) is 1. The molecule has 2 fully saturated rings. The predicted octanol–water partition coefficient (Wildman–Crippen LogP) is 1.52. The van der Waals surface area contributed by atoms with Crippen molar-refractivity contribution in [3.05, 3.63) is 29.8 Å². The van der Waals surface area contributed by atoms with Gasteiger partial charge in [0.25, 0.3) is 0 Å². The molecule has 0 aromatic heterocycles. The van der Waals surface area contributed by atoms with Gasteiger partial charge in [-0.2, -0.15) is 0 Å². The topological polar surface area (TPSA) is 98.2 Å². The number of benzene rings is 1. The minimum absolute atomic E-state index is 0. The number of hydrogen-bond acceptors (Lipinski definition) is 3. The molecule has 21 heavy (non-hydrogen) atoms. The summed E-state index contributed by atoms with van der Waals surface area (Å²) < 4.78 is 0. The van der Waals surface area contributed by atoms with E-state index in [1.807, 2.05) is 0 Å². The summed E-state index contributed by atoms with van der Waals surface area (Å²) in [7, 11) is 0. The first-order valence-electron chi connectivity index (χ1n) is 7.02. The van der Waals surface area contributed by atoms with E-state index in [1.165, 1.54) is 0 Å². The maximum absolute atomic E-state index is 12.4. The zero-order valence-corrected chi connectivity index (χ0v) is 12.4. The third-order valence-electron chi connectivity index (χ3n) is 4.72. The first-order chi connectivity index (χ1) is 9.56. The van der Waals surface area contributed by atoms with Gasteiger partial charge in [0.05, 0.1) is 5.92 Å². The number of primary amides is 1. The van der Waals surface area contributed by atoms with E-state index < -0.39 is 5.91 Å². The van der Waals surface area contributed by atoms with Crippen LogP contribution in [0.4, 0.5) is 5.69 Å². The van der Waals surface area contributed by atoms with E-state index in [0.29, 0.717) is 23.1 Å². The first-order valence-corrected chi connectivity index (χ1v) is 7.02. The lowest BCUT2D eigenvalue weighted by Gasteiger charge is -2.27. The Morgan fingerprint density at radius 1 is 1.10 bits per heavy atom. The third kappa shape index (κ3) is 2.89. The van der Waals surface area contributed by atoms with Crippen LogP contribution in [0.1, 0.15) is 29.6 Å². The summed E-state index contributed by atoms with van der Waals surface area (Å²) in [5.41, 5.74) is 12.4. The van der Waals surface area contributed by atoms with Gasteiger partial charge in [0, 0.05) is 17.3 Å². The zero-order valence-electron chi connectivity index (χ0n) is 11.6. The Morgan fingerprint density at radius 3 is 2.24 bits per heavy atom.